The van der Waals surface area contributed by atoms with E-state index in [1.807, 2.05) is 50.4 Å². The van der Waals surface area contributed by atoms with Gasteiger partial charge in [-0.25, -0.2) is 9.69 Å². The average molecular weight is 522 g/mol. The zero-order valence-corrected chi connectivity index (χ0v) is 22.5. The summed E-state index contributed by atoms with van der Waals surface area (Å²) in [5.41, 5.74) is 5.18. The number of nitrogens with zero attached hydrogens (tertiary/aromatic N) is 2. The van der Waals surface area contributed by atoms with E-state index >= 15 is 0 Å². The molecule has 4 aromatic rings. The zero-order valence-electron chi connectivity index (χ0n) is 22.5. The number of ether oxygens (including phenoxy) is 1. The molecule has 39 heavy (non-hydrogen) atoms. The Bertz CT molecular complexity index is 1630. The summed E-state index contributed by atoms with van der Waals surface area (Å²) in [6.45, 7) is 9.24. The summed E-state index contributed by atoms with van der Waals surface area (Å²) in [7, 11) is 0. The minimum Gasteiger partial charge on any atom is -0.491 e. The van der Waals surface area contributed by atoms with E-state index in [1.54, 1.807) is 24.3 Å². The Hall–Kier alpha value is -4.65. The molecule has 1 aliphatic rings. The van der Waals surface area contributed by atoms with Crippen LogP contribution in [0.5, 0.6) is 5.75 Å². The first-order valence-corrected chi connectivity index (χ1v) is 13.0. The van der Waals surface area contributed by atoms with Crippen LogP contribution in [0.2, 0.25) is 0 Å². The molecule has 5 rings (SSSR count). The zero-order chi connectivity index (χ0) is 27.7. The van der Waals surface area contributed by atoms with Crippen molar-refractivity contribution in [3.63, 3.8) is 0 Å². The van der Waals surface area contributed by atoms with E-state index < -0.39 is 17.8 Å². The number of rotatable bonds is 7. The lowest BCUT2D eigenvalue weighted by Gasteiger charge is -2.26. The molecule has 0 spiro atoms. The summed E-state index contributed by atoms with van der Waals surface area (Å²) < 4.78 is 8.27. The lowest BCUT2D eigenvalue weighted by atomic mass is 10.0. The van der Waals surface area contributed by atoms with Crippen LogP contribution in [0, 0.1) is 13.8 Å². The van der Waals surface area contributed by atoms with E-state index in [0.717, 1.165) is 38.2 Å². The van der Waals surface area contributed by atoms with E-state index in [1.165, 1.54) is 0 Å². The number of para-hydroxylation sites is 1. The molecule has 1 saturated heterocycles. The Kier molecular flexibility index (Phi) is 7.07. The topological polar surface area (TPSA) is 80.6 Å². The predicted octanol–water partition coefficient (Wildman–Crippen LogP) is 6.13. The van der Waals surface area contributed by atoms with Crippen LogP contribution in [0.3, 0.4) is 0 Å². The molecule has 2 heterocycles. The highest BCUT2D eigenvalue weighted by atomic mass is 16.5. The van der Waals surface area contributed by atoms with Gasteiger partial charge in [-0.15, -0.1) is 0 Å². The SMILES string of the molecule is Cc1cccc(N2C(=O)NC(=O)/C(=C\c3cn(CCOc4cc(C)ccc4C(C)C)c4ccccc34)C2=O)c1. The summed E-state index contributed by atoms with van der Waals surface area (Å²) in [6.07, 6.45) is 3.47. The van der Waals surface area contributed by atoms with Crippen LogP contribution >= 0.6 is 0 Å². The van der Waals surface area contributed by atoms with Gasteiger partial charge in [-0.3, -0.25) is 14.9 Å². The standard InChI is InChI=1S/C32H31N3O4/c1-20(2)25-13-12-22(4)17-29(25)39-15-14-34-19-23(26-10-5-6-11-28(26)34)18-27-30(36)33-32(38)35(31(27)37)24-9-7-8-21(3)16-24/h5-13,16-20H,14-15H2,1-4H3,(H,33,36,38)/b27-18+. The number of anilines is 1. The maximum absolute atomic E-state index is 13.4. The summed E-state index contributed by atoms with van der Waals surface area (Å²) in [6, 6.07) is 20.4. The maximum atomic E-state index is 13.4. The molecule has 198 valence electrons. The number of aryl methyl sites for hydroxylation is 2. The fourth-order valence-electron chi connectivity index (χ4n) is 4.89. The van der Waals surface area contributed by atoms with Crippen LogP contribution in [0.4, 0.5) is 10.5 Å². The Morgan fingerprint density at radius 1 is 0.923 bits per heavy atom. The normalized spacial score (nSPS) is 14.9. The van der Waals surface area contributed by atoms with E-state index in [0.29, 0.717) is 30.3 Å². The van der Waals surface area contributed by atoms with Crippen molar-refractivity contribution in [3.05, 3.63) is 101 Å². The highest BCUT2D eigenvalue weighted by Crippen LogP contribution is 2.29. The summed E-state index contributed by atoms with van der Waals surface area (Å²) in [5.74, 6) is -0.143. The van der Waals surface area contributed by atoms with Gasteiger partial charge in [0.05, 0.1) is 12.2 Å². The molecule has 0 aliphatic carbocycles. The third-order valence-corrected chi connectivity index (χ3v) is 6.86. The number of carbonyl (C=O) groups is 3. The van der Waals surface area contributed by atoms with Crippen molar-refractivity contribution in [2.45, 2.75) is 40.2 Å². The van der Waals surface area contributed by atoms with Crippen molar-refractivity contribution in [2.75, 3.05) is 11.5 Å². The fourth-order valence-corrected chi connectivity index (χ4v) is 4.89. The van der Waals surface area contributed by atoms with Gasteiger partial charge in [0.15, 0.2) is 0 Å². The van der Waals surface area contributed by atoms with Gasteiger partial charge in [-0.05, 0) is 66.8 Å². The van der Waals surface area contributed by atoms with Crippen LogP contribution < -0.4 is 15.0 Å². The Balaban J connectivity index is 1.45. The average Bonchev–Trinajstić information content (AvgIpc) is 3.24. The molecule has 7 heteroatoms. The molecule has 0 unspecified atom stereocenters. The Morgan fingerprint density at radius 3 is 2.46 bits per heavy atom. The second-order valence-corrected chi connectivity index (χ2v) is 10.1. The smallest absolute Gasteiger partial charge is 0.335 e. The monoisotopic (exact) mass is 521 g/mol. The summed E-state index contributed by atoms with van der Waals surface area (Å²) in [4.78, 5) is 39.8. The molecule has 1 N–H and O–H groups in total. The molecule has 3 aromatic carbocycles. The summed E-state index contributed by atoms with van der Waals surface area (Å²) >= 11 is 0. The van der Waals surface area contributed by atoms with Crippen molar-refractivity contribution in [3.8, 4) is 5.75 Å². The van der Waals surface area contributed by atoms with Crippen LogP contribution in [-0.2, 0) is 16.1 Å². The number of barbiturate groups is 1. The van der Waals surface area contributed by atoms with Gasteiger partial charge in [-0.1, -0.05) is 56.3 Å². The molecule has 0 saturated carbocycles. The lowest BCUT2D eigenvalue weighted by molar-refractivity contribution is -0.122. The molecule has 0 bridgehead atoms. The number of benzene rings is 3. The number of hydrogen-bond donors (Lipinski definition) is 1. The first-order chi connectivity index (χ1) is 18.7. The molecule has 1 aromatic heterocycles. The number of nitrogens with one attached hydrogen (secondary N) is 1. The predicted molar refractivity (Wildman–Crippen MR) is 153 cm³/mol. The van der Waals surface area contributed by atoms with Gasteiger partial charge in [0.1, 0.15) is 17.9 Å². The number of imide groups is 2. The largest absolute Gasteiger partial charge is 0.491 e. The minimum absolute atomic E-state index is 0.100. The molecule has 4 amide bonds. The van der Waals surface area contributed by atoms with Crippen LogP contribution in [0.15, 0.2) is 78.5 Å². The number of hydrogen-bond acceptors (Lipinski definition) is 4. The number of carbonyl (C=O) groups excluding carboxylic acids is 3. The van der Waals surface area contributed by atoms with Gasteiger partial charge in [-0.2, -0.15) is 0 Å². The van der Waals surface area contributed by atoms with Crippen molar-refractivity contribution < 1.29 is 19.1 Å². The minimum atomic E-state index is -0.760. The Morgan fingerprint density at radius 2 is 1.69 bits per heavy atom. The quantitative estimate of drug-likeness (QED) is 0.234. The molecule has 7 nitrogen and oxygen atoms in total. The first kappa shape index (κ1) is 26.0. The molecular weight excluding hydrogens is 490 g/mol. The van der Waals surface area contributed by atoms with Crippen LogP contribution in [0.25, 0.3) is 17.0 Å². The van der Waals surface area contributed by atoms with Crippen molar-refractivity contribution >= 4 is 40.5 Å². The van der Waals surface area contributed by atoms with Gasteiger partial charge in [0, 0.05) is 22.7 Å². The van der Waals surface area contributed by atoms with E-state index in [4.69, 9.17) is 4.74 Å². The van der Waals surface area contributed by atoms with Gasteiger partial charge >= 0.3 is 6.03 Å². The highest BCUT2D eigenvalue weighted by Gasteiger charge is 2.37. The fraction of sp³-hybridized carbons (Fsp3) is 0.219. The van der Waals surface area contributed by atoms with E-state index in [9.17, 15) is 14.4 Å². The molecule has 0 atom stereocenters. The van der Waals surface area contributed by atoms with Gasteiger partial charge < -0.3 is 9.30 Å². The second-order valence-electron chi connectivity index (χ2n) is 10.1. The number of fused-ring (bicyclic) bond motifs is 1. The van der Waals surface area contributed by atoms with E-state index in [2.05, 4.69) is 41.9 Å². The van der Waals surface area contributed by atoms with Gasteiger partial charge in [0.2, 0.25) is 0 Å². The lowest BCUT2D eigenvalue weighted by Crippen LogP contribution is -2.54. The third kappa shape index (κ3) is 5.21. The van der Waals surface area contributed by atoms with Crippen molar-refractivity contribution in [1.82, 2.24) is 9.88 Å². The van der Waals surface area contributed by atoms with Crippen molar-refractivity contribution in [1.29, 1.82) is 0 Å². The highest BCUT2D eigenvalue weighted by molar-refractivity contribution is 6.39. The van der Waals surface area contributed by atoms with Crippen molar-refractivity contribution in [2.24, 2.45) is 0 Å². The van der Waals surface area contributed by atoms with E-state index in [-0.39, 0.29) is 5.57 Å². The second kappa shape index (κ2) is 10.6. The van der Waals surface area contributed by atoms with Crippen LogP contribution in [0.1, 0.15) is 42.0 Å². The maximum Gasteiger partial charge on any atom is 0.335 e. The number of urea groups is 1. The summed E-state index contributed by atoms with van der Waals surface area (Å²) in [5, 5.41) is 3.20. The molecule has 1 aliphatic heterocycles. The first-order valence-electron chi connectivity index (χ1n) is 13.0. The number of aromatic nitrogens is 1. The number of amides is 4. The van der Waals surface area contributed by atoms with Gasteiger partial charge in [0.25, 0.3) is 11.8 Å². The van der Waals surface area contributed by atoms with Crippen LogP contribution in [-0.4, -0.2) is 29.0 Å². The molecule has 0 radical (unpaired) electrons. The Labute approximate surface area is 227 Å². The third-order valence-electron chi connectivity index (χ3n) is 6.86. The molecular formula is C32H31N3O4. The molecule has 1 fully saturated rings.